The van der Waals surface area contributed by atoms with E-state index in [9.17, 15) is 8.42 Å². The number of hydrogen-bond acceptors (Lipinski definition) is 3. The zero-order chi connectivity index (χ0) is 13.8. The molecule has 1 aromatic heterocycles. The Kier molecular flexibility index (Phi) is 5.41. The van der Waals surface area contributed by atoms with Crippen molar-refractivity contribution in [2.75, 3.05) is 5.75 Å². The number of rotatable bonds is 7. The summed E-state index contributed by atoms with van der Waals surface area (Å²) in [4.78, 5) is 0. The lowest BCUT2D eigenvalue weighted by atomic mass is 10.1. The molecule has 0 spiro atoms. The van der Waals surface area contributed by atoms with Gasteiger partial charge >= 0.3 is 0 Å². The second-order valence-corrected chi connectivity index (χ2v) is 7.66. The molecular formula is C13H24N2O2S. The van der Waals surface area contributed by atoms with Crippen molar-refractivity contribution in [3.63, 3.8) is 0 Å². The van der Waals surface area contributed by atoms with Crippen molar-refractivity contribution in [2.45, 2.75) is 51.4 Å². The van der Waals surface area contributed by atoms with E-state index in [0.29, 0.717) is 6.54 Å². The van der Waals surface area contributed by atoms with Gasteiger partial charge < -0.3 is 10.3 Å². The van der Waals surface area contributed by atoms with Crippen molar-refractivity contribution >= 4 is 9.84 Å². The third-order valence-corrected chi connectivity index (χ3v) is 5.44. The fourth-order valence-corrected chi connectivity index (χ4v) is 2.65. The van der Waals surface area contributed by atoms with Gasteiger partial charge in [-0.1, -0.05) is 6.92 Å². The Bertz CT molecular complexity index is 463. The van der Waals surface area contributed by atoms with Crippen LogP contribution in [0.3, 0.4) is 0 Å². The van der Waals surface area contributed by atoms with Crippen molar-refractivity contribution in [3.8, 4) is 0 Å². The Balaban J connectivity index is 2.66. The van der Waals surface area contributed by atoms with Crippen molar-refractivity contribution in [1.29, 1.82) is 0 Å². The first-order chi connectivity index (χ1) is 8.36. The van der Waals surface area contributed by atoms with Gasteiger partial charge in [0.25, 0.3) is 0 Å². The summed E-state index contributed by atoms with van der Waals surface area (Å²) in [6, 6.07) is 4.09. The molecule has 0 aromatic carbocycles. The molecule has 1 aromatic rings. The maximum atomic E-state index is 11.8. The van der Waals surface area contributed by atoms with Crippen molar-refractivity contribution in [2.24, 2.45) is 5.73 Å². The van der Waals surface area contributed by atoms with Crippen molar-refractivity contribution < 1.29 is 8.42 Å². The second-order valence-electron chi connectivity index (χ2n) is 4.98. The molecule has 1 unspecified atom stereocenters. The average molecular weight is 272 g/mol. The molecule has 0 amide bonds. The number of nitrogens with two attached hydrogens (primary N) is 1. The van der Waals surface area contributed by atoms with Gasteiger partial charge in [0.15, 0.2) is 9.84 Å². The van der Waals surface area contributed by atoms with Crippen LogP contribution < -0.4 is 5.73 Å². The summed E-state index contributed by atoms with van der Waals surface area (Å²) >= 11 is 0. The molecule has 0 saturated carbocycles. The third-order valence-electron chi connectivity index (χ3n) is 3.25. The number of hydrogen-bond donors (Lipinski definition) is 1. The van der Waals surface area contributed by atoms with Gasteiger partial charge in [0.2, 0.25) is 0 Å². The molecule has 1 rings (SSSR count). The molecule has 1 heterocycles. The maximum absolute atomic E-state index is 11.8. The Morgan fingerprint density at radius 3 is 2.61 bits per heavy atom. The first kappa shape index (κ1) is 15.2. The molecule has 0 fully saturated rings. The van der Waals surface area contributed by atoms with Gasteiger partial charge in [0, 0.05) is 30.9 Å². The summed E-state index contributed by atoms with van der Waals surface area (Å²) in [7, 11) is -2.98. The van der Waals surface area contributed by atoms with Crippen LogP contribution in [0.4, 0.5) is 0 Å². The normalized spacial score (nSPS) is 14.1. The molecule has 0 aliphatic carbocycles. The molecule has 104 valence electrons. The fourth-order valence-electron chi connectivity index (χ4n) is 1.73. The summed E-state index contributed by atoms with van der Waals surface area (Å²) in [5.41, 5.74) is 7.05. The minimum Gasteiger partial charge on any atom is -0.350 e. The van der Waals surface area contributed by atoms with E-state index in [1.165, 1.54) is 0 Å². The summed E-state index contributed by atoms with van der Waals surface area (Å²) in [5.74, 6) is 0.188. The molecule has 0 aliphatic heterocycles. The number of aryl methyl sites for hydroxylation is 1. The van der Waals surface area contributed by atoms with Gasteiger partial charge in [-0.25, -0.2) is 8.42 Å². The predicted octanol–water partition coefficient (Wildman–Crippen LogP) is 1.59. The van der Waals surface area contributed by atoms with E-state index in [2.05, 4.69) is 6.92 Å². The van der Waals surface area contributed by atoms with Crippen LogP contribution in [0.15, 0.2) is 18.3 Å². The molecular weight excluding hydrogens is 248 g/mol. The standard InChI is InChI=1S/C13H24N2O2S/c1-4-12(14)10-13-6-5-7-15(13)8-9-18(16,17)11(2)3/h5-7,11-12H,4,8-10,14H2,1-3H3. The van der Waals surface area contributed by atoms with E-state index in [-0.39, 0.29) is 17.0 Å². The second kappa shape index (κ2) is 6.38. The van der Waals surface area contributed by atoms with Crippen LogP contribution in [0.25, 0.3) is 0 Å². The van der Waals surface area contributed by atoms with Crippen LogP contribution in [0, 0.1) is 0 Å². The monoisotopic (exact) mass is 272 g/mol. The fraction of sp³-hybridized carbons (Fsp3) is 0.692. The molecule has 0 aliphatic rings. The van der Waals surface area contributed by atoms with Gasteiger partial charge in [-0.15, -0.1) is 0 Å². The first-order valence-corrected chi connectivity index (χ1v) is 8.19. The van der Waals surface area contributed by atoms with Gasteiger partial charge in [0.1, 0.15) is 0 Å². The molecule has 4 nitrogen and oxygen atoms in total. The summed E-state index contributed by atoms with van der Waals surface area (Å²) in [6.45, 7) is 6.01. The van der Waals surface area contributed by atoms with Crippen LogP contribution in [0.5, 0.6) is 0 Å². The topological polar surface area (TPSA) is 65.1 Å². The number of sulfone groups is 1. The Hall–Kier alpha value is -0.810. The lowest BCUT2D eigenvalue weighted by molar-refractivity contribution is 0.573. The van der Waals surface area contributed by atoms with Crippen molar-refractivity contribution in [3.05, 3.63) is 24.0 Å². The van der Waals surface area contributed by atoms with Gasteiger partial charge in [-0.3, -0.25) is 0 Å². The third kappa shape index (κ3) is 4.14. The van der Waals surface area contributed by atoms with E-state index >= 15 is 0 Å². The maximum Gasteiger partial charge on any atom is 0.154 e. The van der Waals surface area contributed by atoms with E-state index in [1.54, 1.807) is 13.8 Å². The Labute approximate surface area is 110 Å². The van der Waals surface area contributed by atoms with E-state index < -0.39 is 9.84 Å². The minimum atomic E-state index is -2.98. The van der Waals surface area contributed by atoms with Gasteiger partial charge in [0.05, 0.1) is 11.0 Å². The van der Waals surface area contributed by atoms with Crippen LogP contribution in [-0.4, -0.2) is 30.0 Å². The lowest BCUT2D eigenvalue weighted by Crippen LogP contribution is -2.25. The SMILES string of the molecule is CCC(N)Cc1cccn1CCS(=O)(=O)C(C)C. The smallest absolute Gasteiger partial charge is 0.154 e. The Morgan fingerprint density at radius 2 is 2.06 bits per heavy atom. The van der Waals surface area contributed by atoms with E-state index in [0.717, 1.165) is 18.5 Å². The highest BCUT2D eigenvalue weighted by molar-refractivity contribution is 7.91. The number of nitrogens with zero attached hydrogens (tertiary/aromatic N) is 1. The highest BCUT2D eigenvalue weighted by Gasteiger charge is 2.16. The van der Waals surface area contributed by atoms with Crippen LogP contribution in [-0.2, 0) is 22.8 Å². The molecule has 5 heteroatoms. The van der Waals surface area contributed by atoms with Crippen LogP contribution >= 0.6 is 0 Å². The zero-order valence-corrected chi connectivity index (χ0v) is 12.3. The molecule has 18 heavy (non-hydrogen) atoms. The largest absolute Gasteiger partial charge is 0.350 e. The average Bonchev–Trinajstić information content (AvgIpc) is 2.73. The lowest BCUT2D eigenvalue weighted by Gasteiger charge is -2.14. The van der Waals surface area contributed by atoms with Crippen LogP contribution in [0.1, 0.15) is 32.9 Å². The highest BCUT2D eigenvalue weighted by atomic mass is 32.2. The predicted molar refractivity (Wildman–Crippen MR) is 75.3 cm³/mol. The molecule has 0 bridgehead atoms. The Morgan fingerprint density at radius 1 is 1.39 bits per heavy atom. The molecule has 0 radical (unpaired) electrons. The molecule has 0 saturated heterocycles. The van der Waals surface area contributed by atoms with Crippen molar-refractivity contribution in [1.82, 2.24) is 4.57 Å². The summed E-state index contributed by atoms with van der Waals surface area (Å²) < 4.78 is 25.5. The minimum absolute atomic E-state index is 0.139. The van der Waals surface area contributed by atoms with Gasteiger partial charge in [-0.2, -0.15) is 0 Å². The van der Waals surface area contributed by atoms with Gasteiger partial charge in [-0.05, 0) is 32.4 Å². The van der Waals surface area contributed by atoms with Crippen LogP contribution in [0.2, 0.25) is 0 Å². The number of aromatic nitrogens is 1. The van der Waals surface area contributed by atoms with E-state index in [1.807, 2.05) is 22.9 Å². The molecule has 2 N–H and O–H groups in total. The summed E-state index contributed by atoms with van der Waals surface area (Å²) in [5, 5.41) is -0.311. The highest BCUT2D eigenvalue weighted by Crippen LogP contribution is 2.09. The first-order valence-electron chi connectivity index (χ1n) is 6.48. The van der Waals surface area contributed by atoms with E-state index in [4.69, 9.17) is 5.73 Å². The summed E-state index contributed by atoms with van der Waals surface area (Å²) in [6.07, 6.45) is 3.65. The quantitative estimate of drug-likeness (QED) is 0.820. The molecule has 1 atom stereocenters. The zero-order valence-electron chi connectivity index (χ0n) is 11.5.